The van der Waals surface area contributed by atoms with Crippen LogP contribution in [0.15, 0.2) is 29.3 Å². The molecule has 154 valence electrons. The molecule has 0 radical (unpaired) electrons. The van der Waals surface area contributed by atoms with Crippen molar-refractivity contribution in [2.24, 2.45) is 10.9 Å². The number of nitrogens with zero attached hydrogens (tertiary/aromatic N) is 2. The van der Waals surface area contributed by atoms with Gasteiger partial charge in [-0.15, -0.1) is 0 Å². The summed E-state index contributed by atoms with van der Waals surface area (Å²) >= 11 is 0. The molecule has 28 heavy (non-hydrogen) atoms. The van der Waals surface area contributed by atoms with Crippen LogP contribution in [0, 0.1) is 11.7 Å². The molecule has 1 aliphatic heterocycles. The topological polar surface area (TPSA) is 53.9 Å². The highest BCUT2D eigenvalue weighted by atomic mass is 19.1. The van der Waals surface area contributed by atoms with Crippen LogP contribution >= 0.6 is 0 Å². The van der Waals surface area contributed by atoms with Crippen LogP contribution in [-0.4, -0.2) is 49.6 Å². The number of piperidine rings is 1. The summed E-state index contributed by atoms with van der Waals surface area (Å²) in [5.41, 5.74) is 1.21. The fourth-order valence-electron chi connectivity index (χ4n) is 4.18. The molecule has 0 amide bonds. The molecule has 3 rings (SSSR count). The summed E-state index contributed by atoms with van der Waals surface area (Å²) in [5.74, 6) is 0.641. The van der Waals surface area contributed by atoms with Gasteiger partial charge in [0.15, 0.2) is 5.96 Å². The van der Waals surface area contributed by atoms with Gasteiger partial charge in [0.25, 0.3) is 0 Å². The zero-order chi connectivity index (χ0) is 20.0. The Morgan fingerprint density at radius 1 is 1.25 bits per heavy atom. The van der Waals surface area contributed by atoms with Crippen molar-refractivity contribution in [3.8, 4) is 0 Å². The Balaban J connectivity index is 1.66. The van der Waals surface area contributed by atoms with Gasteiger partial charge >= 0.3 is 5.97 Å². The Morgan fingerprint density at radius 2 is 1.93 bits per heavy atom. The monoisotopic (exact) mass is 389 g/mol. The molecule has 5 nitrogen and oxygen atoms in total. The SMILES string of the molecule is CCNC(=NCC1(c2ccc(F)cc2)CCC1)N1CCC(C(=O)OCC)CC1. The number of guanidine groups is 1. The lowest BCUT2D eigenvalue weighted by Crippen LogP contribution is -2.47. The smallest absolute Gasteiger partial charge is 0.309 e. The highest BCUT2D eigenvalue weighted by molar-refractivity contribution is 5.80. The van der Waals surface area contributed by atoms with Crippen molar-refractivity contribution in [1.82, 2.24) is 10.2 Å². The molecule has 1 saturated heterocycles. The second-order valence-corrected chi connectivity index (χ2v) is 7.82. The van der Waals surface area contributed by atoms with E-state index in [2.05, 4.69) is 17.1 Å². The number of aliphatic imine (C=N–C) groups is 1. The van der Waals surface area contributed by atoms with Crippen molar-refractivity contribution in [2.75, 3.05) is 32.8 Å². The lowest BCUT2D eigenvalue weighted by atomic mass is 9.64. The minimum absolute atomic E-state index is 0.00346. The molecule has 1 heterocycles. The summed E-state index contributed by atoms with van der Waals surface area (Å²) in [7, 11) is 0. The normalized spacial score (nSPS) is 19.8. The number of likely N-dealkylation sites (tertiary alicyclic amines) is 1. The van der Waals surface area contributed by atoms with E-state index >= 15 is 0 Å². The van der Waals surface area contributed by atoms with E-state index in [1.54, 1.807) is 12.1 Å². The van der Waals surface area contributed by atoms with Crippen molar-refractivity contribution < 1.29 is 13.9 Å². The molecule has 1 saturated carbocycles. The summed E-state index contributed by atoms with van der Waals surface area (Å²) in [6.07, 6.45) is 4.96. The van der Waals surface area contributed by atoms with Crippen molar-refractivity contribution in [2.45, 2.75) is 51.4 Å². The van der Waals surface area contributed by atoms with Crippen LogP contribution in [-0.2, 0) is 14.9 Å². The number of benzene rings is 1. The molecule has 1 aromatic carbocycles. The average Bonchev–Trinajstić information content (AvgIpc) is 2.68. The van der Waals surface area contributed by atoms with Gasteiger partial charge in [-0.3, -0.25) is 9.79 Å². The Bertz CT molecular complexity index is 678. The van der Waals surface area contributed by atoms with E-state index in [-0.39, 0.29) is 23.1 Å². The van der Waals surface area contributed by atoms with Gasteiger partial charge in [-0.05, 0) is 57.2 Å². The van der Waals surface area contributed by atoms with Crippen molar-refractivity contribution in [3.05, 3.63) is 35.6 Å². The molecule has 1 N–H and O–H groups in total. The van der Waals surface area contributed by atoms with Crippen LogP contribution in [0.2, 0.25) is 0 Å². The highest BCUT2D eigenvalue weighted by Gasteiger charge is 2.39. The molecule has 0 aromatic heterocycles. The first-order chi connectivity index (χ1) is 13.6. The third kappa shape index (κ3) is 4.65. The molecule has 0 unspecified atom stereocenters. The predicted octanol–water partition coefficient (Wildman–Crippen LogP) is 3.49. The number of esters is 1. The second kappa shape index (κ2) is 9.39. The number of hydrogen-bond acceptors (Lipinski definition) is 3. The number of carbonyl (C=O) groups is 1. The fraction of sp³-hybridized carbons (Fsp3) is 0.636. The van der Waals surface area contributed by atoms with Crippen molar-refractivity contribution >= 4 is 11.9 Å². The first-order valence-electron chi connectivity index (χ1n) is 10.5. The number of carbonyl (C=O) groups excluding carboxylic acids is 1. The van der Waals surface area contributed by atoms with E-state index in [4.69, 9.17) is 9.73 Å². The lowest BCUT2D eigenvalue weighted by molar-refractivity contribution is -0.149. The molecule has 1 aromatic rings. The largest absolute Gasteiger partial charge is 0.466 e. The maximum atomic E-state index is 13.3. The average molecular weight is 390 g/mol. The van der Waals surface area contributed by atoms with Crippen LogP contribution in [0.4, 0.5) is 4.39 Å². The second-order valence-electron chi connectivity index (χ2n) is 7.82. The molecule has 0 atom stereocenters. The maximum absolute atomic E-state index is 13.3. The number of rotatable bonds is 6. The van der Waals surface area contributed by atoms with E-state index < -0.39 is 0 Å². The fourth-order valence-corrected chi connectivity index (χ4v) is 4.18. The minimum atomic E-state index is -0.195. The summed E-state index contributed by atoms with van der Waals surface area (Å²) in [4.78, 5) is 19.2. The standard InChI is InChI=1S/C22H32FN3O2/c1-3-24-21(26-14-10-17(11-15-26)20(27)28-4-2)25-16-22(12-5-13-22)18-6-8-19(23)9-7-18/h6-9,17H,3-5,10-16H2,1-2H3,(H,24,25). The van der Waals surface area contributed by atoms with Crippen LogP contribution in [0.1, 0.15) is 51.5 Å². The number of ether oxygens (including phenoxy) is 1. The molecular formula is C22H32FN3O2. The predicted molar refractivity (Wildman–Crippen MR) is 109 cm³/mol. The molecular weight excluding hydrogens is 357 g/mol. The third-order valence-electron chi connectivity index (χ3n) is 6.05. The Morgan fingerprint density at radius 3 is 2.46 bits per heavy atom. The van der Waals surface area contributed by atoms with Gasteiger partial charge in [-0.2, -0.15) is 0 Å². The molecule has 2 fully saturated rings. The Kier molecular flexibility index (Phi) is 6.92. The van der Waals surface area contributed by atoms with Gasteiger partial charge in [0, 0.05) is 25.0 Å². The molecule has 0 bridgehead atoms. The third-order valence-corrected chi connectivity index (χ3v) is 6.05. The van der Waals surface area contributed by atoms with Gasteiger partial charge in [0.1, 0.15) is 5.82 Å². The van der Waals surface area contributed by atoms with Gasteiger partial charge in [-0.25, -0.2) is 4.39 Å². The van der Waals surface area contributed by atoms with E-state index in [0.717, 1.165) is 51.3 Å². The number of halogens is 1. The number of nitrogens with one attached hydrogen (secondary N) is 1. The minimum Gasteiger partial charge on any atom is -0.466 e. The van der Waals surface area contributed by atoms with Gasteiger partial charge < -0.3 is 15.0 Å². The zero-order valence-corrected chi connectivity index (χ0v) is 17.0. The van der Waals surface area contributed by atoms with Crippen LogP contribution in [0.5, 0.6) is 0 Å². The van der Waals surface area contributed by atoms with Gasteiger partial charge in [0.2, 0.25) is 0 Å². The highest BCUT2D eigenvalue weighted by Crippen LogP contribution is 2.44. The Labute approximate surface area is 167 Å². The quantitative estimate of drug-likeness (QED) is 0.460. The van der Waals surface area contributed by atoms with Crippen LogP contribution in [0.25, 0.3) is 0 Å². The van der Waals surface area contributed by atoms with Crippen molar-refractivity contribution in [1.29, 1.82) is 0 Å². The maximum Gasteiger partial charge on any atom is 0.309 e. The van der Waals surface area contributed by atoms with E-state index in [0.29, 0.717) is 13.2 Å². The van der Waals surface area contributed by atoms with Gasteiger partial charge in [0.05, 0.1) is 19.1 Å². The summed E-state index contributed by atoms with van der Waals surface area (Å²) in [6.45, 7) is 7.48. The van der Waals surface area contributed by atoms with Crippen LogP contribution < -0.4 is 5.32 Å². The summed E-state index contributed by atoms with van der Waals surface area (Å²) in [5, 5.41) is 3.40. The van der Waals surface area contributed by atoms with E-state index in [9.17, 15) is 9.18 Å². The first-order valence-corrected chi connectivity index (χ1v) is 10.5. The molecule has 1 aliphatic carbocycles. The molecule has 2 aliphatic rings. The van der Waals surface area contributed by atoms with Crippen molar-refractivity contribution in [3.63, 3.8) is 0 Å². The summed E-state index contributed by atoms with van der Waals surface area (Å²) in [6, 6.07) is 6.90. The zero-order valence-electron chi connectivity index (χ0n) is 17.0. The van der Waals surface area contributed by atoms with Gasteiger partial charge in [-0.1, -0.05) is 18.6 Å². The van der Waals surface area contributed by atoms with Crippen LogP contribution in [0.3, 0.4) is 0 Å². The Hall–Kier alpha value is -2.11. The summed E-state index contributed by atoms with van der Waals surface area (Å²) < 4.78 is 18.5. The first kappa shape index (κ1) is 20.6. The number of hydrogen-bond donors (Lipinski definition) is 1. The molecule has 0 spiro atoms. The van der Waals surface area contributed by atoms with E-state index in [1.165, 1.54) is 12.0 Å². The molecule has 6 heteroatoms. The lowest BCUT2D eigenvalue weighted by Gasteiger charge is -2.42. The van der Waals surface area contributed by atoms with E-state index in [1.807, 2.05) is 19.1 Å².